The van der Waals surface area contributed by atoms with Crippen molar-refractivity contribution < 1.29 is 0 Å². The van der Waals surface area contributed by atoms with Gasteiger partial charge < -0.3 is 0 Å². The second-order valence-corrected chi connectivity index (χ2v) is 8.02. The Balaban J connectivity index is 2.11. The minimum Gasteiger partial charge on any atom is -0.253 e. The molecule has 1 aromatic heterocycles. The largest absolute Gasteiger partial charge is 0.253 e. The summed E-state index contributed by atoms with van der Waals surface area (Å²) in [4.78, 5) is 5.44. The maximum atomic E-state index is 6.43. The van der Waals surface area contributed by atoms with E-state index in [4.69, 9.17) is 28.3 Å². The number of benzene rings is 1. The summed E-state index contributed by atoms with van der Waals surface area (Å²) in [5, 5.41) is 8.24. The fourth-order valence-electron chi connectivity index (χ4n) is 3.02. The fourth-order valence-corrected chi connectivity index (χ4v) is 4.36. The minimum absolute atomic E-state index is 0.565. The lowest BCUT2D eigenvalue weighted by molar-refractivity contribution is 0.497. The highest BCUT2D eigenvalue weighted by Crippen LogP contribution is 2.31. The van der Waals surface area contributed by atoms with Crippen molar-refractivity contribution in [1.29, 1.82) is 0 Å². The molecule has 1 aliphatic carbocycles. The molecule has 6 heteroatoms. The van der Waals surface area contributed by atoms with E-state index in [2.05, 4.69) is 18.5 Å². The van der Waals surface area contributed by atoms with Crippen LogP contribution >= 0.6 is 34.5 Å². The third kappa shape index (κ3) is 4.43. The Kier molecular flexibility index (Phi) is 6.15. The smallest absolute Gasteiger partial charge is 0.206 e. The maximum absolute atomic E-state index is 6.43. The molecule has 25 heavy (non-hydrogen) atoms. The Hall–Kier alpha value is -1.36. The quantitative estimate of drug-likeness (QED) is 0.567. The van der Waals surface area contributed by atoms with Crippen molar-refractivity contribution in [3.8, 4) is 11.3 Å². The van der Waals surface area contributed by atoms with Crippen LogP contribution in [0.4, 0.5) is 0 Å². The van der Waals surface area contributed by atoms with Crippen LogP contribution in [0.2, 0.25) is 10.0 Å². The average molecular weight is 394 g/mol. The van der Waals surface area contributed by atoms with E-state index in [-0.39, 0.29) is 0 Å². The number of rotatable bonds is 4. The van der Waals surface area contributed by atoms with Gasteiger partial charge in [-0.15, -0.1) is 17.9 Å². The molecule has 1 heterocycles. The number of halogens is 2. The zero-order chi connectivity index (χ0) is 17.8. The van der Waals surface area contributed by atoms with E-state index in [1.165, 1.54) is 18.6 Å². The predicted molar refractivity (Wildman–Crippen MR) is 109 cm³/mol. The van der Waals surface area contributed by atoms with Gasteiger partial charge in [-0.3, -0.25) is 4.99 Å². The van der Waals surface area contributed by atoms with Gasteiger partial charge in [0, 0.05) is 21.7 Å². The monoisotopic (exact) mass is 393 g/mol. The van der Waals surface area contributed by atoms with E-state index in [9.17, 15) is 0 Å². The molecular weight excluding hydrogens is 373 g/mol. The van der Waals surface area contributed by atoms with Gasteiger partial charge in [0.2, 0.25) is 4.80 Å². The number of aromatic nitrogens is 1. The third-order valence-electron chi connectivity index (χ3n) is 4.24. The summed E-state index contributed by atoms with van der Waals surface area (Å²) < 4.78 is 1.93. The Morgan fingerprint density at radius 2 is 2.24 bits per heavy atom. The van der Waals surface area contributed by atoms with Gasteiger partial charge in [0.15, 0.2) is 0 Å². The van der Waals surface area contributed by atoms with E-state index in [0.717, 1.165) is 28.9 Å². The van der Waals surface area contributed by atoms with E-state index < -0.39 is 0 Å². The number of hydrogen-bond acceptors (Lipinski definition) is 3. The Morgan fingerprint density at radius 3 is 2.96 bits per heavy atom. The van der Waals surface area contributed by atoms with Crippen LogP contribution in [0.25, 0.3) is 11.3 Å². The van der Waals surface area contributed by atoms with Gasteiger partial charge in [0.05, 0.1) is 17.3 Å². The van der Waals surface area contributed by atoms with Crippen LogP contribution in [0.1, 0.15) is 32.6 Å². The summed E-state index contributed by atoms with van der Waals surface area (Å²) in [5.41, 5.74) is 3.08. The highest BCUT2D eigenvalue weighted by Gasteiger charge is 2.16. The van der Waals surface area contributed by atoms with Crippen LogP contribution in [0.5, 0.6) is 0 Å². The molecule has 1 unspecified atom stereocenters. The van der Waals surface area contributed by atoms with Crippen molar-refractivity contribution in [2.75, 3.05) is 6.54 Å². The molecule has 1 saturated carbocycles. The number of nitrogens with zero attached hydrogens (tertiary/aromatic N) is 3. The van der Waals surface area contributed by atoms with E-state index in [1.54, 1.807) is 23.5 Å². The molecule has 2 aromatic rings. The van der Waals surface area contributed by atoms with Crippen molar-refractivity contribution in [3.05, 3.63) is 51.1 Å². The summed E-state index contributed by atoms with van der Waals surface area (Å²) in [6, 6.07) is 5.54. The van der Waals surface area contributed by atoms with Crippen molar-refractivity contribution in [3.63, 3.8) is 0 Å². The van der Waals surface area contributed by atoms with Gasteiger partial charge in [-0.2, -0.15) is 5.10 Å². The van der Waals surface area contributed by atoms with Gasteiger partial charge >= 0.3 is 0 Å². The van der Waals surface area contributed by atoms with Crippen molar-refractivity contribution in [1.82, 2.24) is 4.68 Å². The molecule has 0 radical (unpaired) electrons. The lowest BCUT2D eigenvalue weighted by Gasteiger charge is -2.19. The van der Waals surface area contributed by atoms with Gasteiger partial charge in [-0.1, -0.05) is 36.2 Å². The fraction of sp³-hybridized carbons (Fsp3) is 0.368. The predicted octanol–water partition coefficient (Wildman–Crippen LogP) is 6.02. The second-order valence-electron chi connectivity index (χ2n) is 6.34. The lowest BCUT2D eigenvalue weighted by Crippen LogP contribution is -2.19. The van der Waals surface area contributed by atoms with Crippen LogP contribution in [0, 0.1) is 5.92 Å². The van der Waals surface area contributed by atoms with Crippen LogP contribution in [0.3, 0.4) is 0 Å². The first-order valence-corrected chi connectivity index (χ1v) is 10.1. The first-order chi connectivity index (χ1) is 12.1. The first kappa shape index (κ1) is 18.4. The van der Waals surface area contributed by atoms with E-state index in [1.807, 2.05) is 22.2 Å². The highest BCUT2D eigenvalue weighted by molar-refractivity contribution is 7.07. The third-order valence-corrected chi connectivity index (χ3v) is 5.64. The second kappa shape index (κ2) is 8.35. The van der Waals surface area contributed by atoms with Crippen LogP contribution in [0.15, 0.2) is 46.3 Å². The normalized spacial score (nSPS) is 20.2. The van der Waals surface area contributed by atoms with Gasteiger partial charge in [0.1, 0.15) is 0 Å². The van der Waals surface area contributed by atoms with Gasteiger partial charge in [0.25, 0.3) is 0 Å². The number of thiazole rings is 1. The molecule has 0 spiro atoms. The molecular formula is C19H21Cl2N3S. The van der Waals surface area contributed by atoms with Crippen molar-refractivity contribution in [2.24, 2.45) is 16.0 Å². The zero-order valence-corrected chi connectivity index (χ0v) is 16.5. The Morgan fingerprint density at radius 1 is 1.40 bits per heavy atom. The molecule has 1 atom stereocenters. The van der Waals surface area contributed by atoms with Crippen molar-refractivity contribution >= 4 is 40.3 Å². The van der Waals surface area contributed by atoms with Gasteiger partial charge in [-0.05, 0) is 49.8 Å². The summed E-state index contributed by atoms with van der Waals surface area (Å²) >= 11 is 14.0. The topological polar surface area (TPSA) is 29.6 Å². The van der Waals surface area contributed by atoms with Gasteiger partial charge in [-0.25, -0.2) is 4.68 Å². The molecule has 0 aliphatic heterocycles. The zero-order valence-electron chi connectivity index (χ0n) is 14.2. The molecule has 1 fully saturated rings. The van der Waals surface area contributed by atoms with Crippen LogP contribution in [-0.4, -0.2) is 16.9 Å². The standard InChI is InChI=1S/C19H21Cl2N3S/c1-3-9-22-19-24(23-15-6-4-5-13(2)10-15)18(12-25-19)16-8-7-14(20)11-17(16)21/h3,7-8,11-13H,1,4-6,9-10H2,2H3/b22-19?,23-15+. The van der Waals surface area contributed by atoms with E-state index >= 15 is 0 Å². The molecule has 3 nitrogen and oxygen atoms in total. The average Bonchev–Trinajstić information content (AvgIpc) is 2.95. The first-order valence-electron chi connectivity index (χ1n) is 8.42. The molecule has 0 bridgehead atoms. The molecule has 1 aliphatic rings. The summed E-state index contributed by atoms with van der Waals surface area (Å²) in [7, 11) is 0. The lowest BCUT2D eigenvalue weighted by atomic mass is 9.89. The molecule has 1 aromatic carbocycles. The molecule has 132 valence electrons. The van der Waals surface area contributed by atoms with Crippen LogP contribution in [-0.2, 0) is 0 Å². The summed E-state index contributed by atoms with van der Waals surface area (Å²) in [6.07, 6.45) is 6.34. The van der Waals surface area contributed by atoms with Crippen LogP contribution < -0.4 is 4.80 Å². The SMILES string of the molecule is C=CCN=c1scc(-c2ccc(Cl)cc2Cl)n1/N=C1\CCCC(C)C1. The van der Waals surface area contributed by atoms with E-state index in [0.29, 0.717) is 22.5 Å². The number of hydrogen-bond donors (Lipinski definition) is 0. The Labute approximate surface area is 162 Å². The molecule has 0 N–H and O–H groups in total. The minimum atomic E-state index is 0.565. The molecule has 3 rings (SSSR count). The van der Waals surface area contributed by atoms with Crippen molar-refractivity contribution in [2.45, 2.75) is 32.6 Å². The Bertz CT molecular complexity index is 864. The highest BCUT2D eigenvalue weighted by atomic mass is 35.5. The summed E-state index contributed by atoms with van der Waals surface area (Å²) in [6.45, 7) is 6.60. The molecule has 0 amide bonds. The molecule has 0 saturated heterocycles. The summed E-state index contributed by atoms with van der Waals surface area (Å²) in [5.74, 6) is 0.683. The maximum Gasteiger partial charge on any atom is 0.206 e.